The Hall–Kier alpha value is -1.44. The number of aromatic nitrogens is 1. The lowest BCUT2D eigenvalue weighted by atomic mass is 9.89. The monoisotopic (exact) mass is 271 g/mol. The van der Waals surface area contributed by atoms with E-state index in [0.717, 1.165) is 29.0 Å². The van der Waals surface area contributed by atoms with E-state index in [0.29, 0.717) is 10.6 Å². The Morgan fingerprint density at radius 3 is 2.89 bits per heavy atom. The van der Waals surface area contributed by atoms with Crippen molar-refractivity contribution in [2.45, 2.75) is 30.7 Å². The minimum Gasteiger partial charge on any atom is -0.759 e. The second kappa shape index (κ2) is 4.68. The highest BCUT2D eigenvalue weighted by Crippen LogP contribution is 2.36. The van der Waals surface area contributed by atoms with Gasteiger partial charge in [0.1, 0.15) is 0 Å². The third-order valence-corrected chi connectivity index (χ3v) is 4.50. The smallest absolute Gasteiger partial charge is 0.0998 e. The molecule has 0 aliphatic heterocycles. The van der Waals surface area contributed by atoms with E-state index in [2.05, 4.69) is 17.1 Å². The van der Waals surface area contributed by atoms with Crippen LogP contribution in [0.5, 0.6) is 0 Å². The van der Waals surface area contributed by atoms with Crippen molar-refractivity contribution in [2.75, 3.05) is 0 Å². The van der Waals surface area contributed by atoms with Gasteiger partial charge in [-0.2, -0.15) is 5.26 Å². The molecule has 0 amide bonds. The normalized spacial score (nSPS) is 13.9. The molecule has 1 aliphatic carbocycles. The summed E-state index contributed by atoms with van der Waals surface area (Å²) in [6.07, 6.45) is 4.35. The van der Waals surface area contributed by atoms with Crippen LogP contribution in [-0.2, 0) is 25.5 Å². The highest BCUT2D eigenvalue weighted by Gasteiger charge is 2.19. The first-order chi connectivity index (χ1) is 8.81. The van der Waals surface area contributed by atoms with Crippen LogP contribution in [0, 0.1) is 11.3 Å². The fourth-order valence-corrected chi connectivity index (χ4v) is 3.58. The fourth-order valence-electron chi connectivity index (χ4n) is 2.51. The predicted molar refractivity (Wildman–Crippen MR) is 74.5 cm³/mol. The summed E-state index contributed by atoms with van der Waals surface area (Å²) in [4.78, 5) is 5.59. The van der Waals surface area contributed by atoms with Crippen molar-refractivity contribution >= 4 is 24.0 Å². The van der Waals surface area contributed by atoms with Crippen molar-refractivity contribution in [3.8, 4) is 16.5 Å². The van der Waals surface area contributed by atoms with E-state index < -0.39 is 0 Å². The number of nitriles is 1. The summed E-state index contributed by atoms with van der Waals surface area (Å²) in [6.45, 7) is 0. The van der Waals surface area contributed by atoms with Crippen molar-refractivity contribution < 1.29 is 0 Å². The second-order valence-electron chi connectivity index (χ2n) is 4.39. The molecule has 0 spiro atoms. The molecule has 1 aliphatic rings. The summed E-state index contributed by atoms with van der Waals surface area (Å²) < 4.78 is 0. The average Bonchev–Trinajstić information content (AvgIpc) is 2.90. The summed E-state index contributed by atoms with van der Waals surface area (Å²) in [5, 5.41) is 11.8. The first-order valence-corrected chi connectivity index (χ1v) is 7.27. The molecule has 0 saturated heterocycles. The zero-order valence-electron chi connectivity index (χ0n) is 9.77. The van der Waals surface area contributed by atoms with Crippen LogP contribution in [0.3, 0.4) is 0 Å². The Morgan fingerprint density at radius 2 is 2.17 bits per heavy atom. The maximum absolute atomic E-state index is 9.35. The van der Waals surface area contributed by atoms with Gasteiger partial charge in [-0.15, -0.1) is 11.3 Å². The quantitative estimate of drug-likeness (QED) is 0.745. The van der Waals surface area contributed by atoms with Crippen molar-refractivity contribution in [3.63, 3.8) is 0 Å². The molecule has 18 heavy (non-hydrogen) atoms. The topological polar surface area (TPSA) is 36.7 Å². The summed E-state index contributed by atoms with van der Waals surface area (Å²) in [5.41, 5.74) is 3.97. The van der Waals surface area contributed by atoms with Gasteiger partial charge in [0.2, 0.25) is 0 Å². The third kappa shape index (κ3) is 1.80. The lowest BCUT2D eigenvalue weighted by molar-refractivity contribution is 0.662. The second-order valence-corrected chi connectivity index (χ2v) is 5.72. The first kappa shape index (κ1) is 11.6. The minimum absolute atomic E-state index is 0.460. The Bertz CT molecular complexity index is 624. The van der Waals surface area contributed by atoms with E-state index in [4.69, 9.17) is 12.6 Å². The Kier molecular flexibility index (Phi) is 3.02. The molecule has 0 radical (unpaired) electrons. The van der Waals surface area contributed by atoms with Gasteiger partial charge in [0, 0.05) is 16.1 Å². The predicted octanol–water partition coefficient (Wildman–Crippen LogP) is 3.47. The molecule has 2 aromatic heterocycles. The van der Waals surface area contributed by atoms with Crippen LogP contribution in [-0.4, -0.2) is 4.98 Å². The van der Waals surface area contributed by atoms with Crippen LogP contribution in [0.4, 0.5) is 0 Å². The number of fused-ring (bicyclic) bond motifs is 1. The molecule has 0 N–H and O–H groups in total. The molecule has 0 aromatic carbocycles. The van der Waals surface area contributed by atoms with E-state index >= 15 is 0 Å². The van der Waals surface area contributed by atoms with E-state index in [1.165, 1.54) is 18.4 Å². The summed E-state index contributed by atoms with van der Waals surface area (Å²) in [5.74, 6) is 0. The van der Waals surface area contributed by atoms with Gasteiger partial charge in [-0.1, -0.05) is 11.1 Å². The maximum atomic E-state index is 9.35. The minimum atomic E-state index is 0.460. The van der Waals surface area contributed by atoms with Gasteiger partial charge < -0.3 is 12.6 Å². The molecule has 2 aromatic rings. The fraction of sp³-hybridized carbons (Fsp3) is 0.286. The number of nitrogens with zero attached hydrogens (tertiary/aromatic N) is 2. The van der Waals surface area contributed by atoms with Gasteiger partial charge in [0.05, 0.1) is 11.6 Å². The van der Waals surface area contributed by atoms with Crippen LogP contribution < -0.4 is 0 Å². The van der Waals surface area contributed by atoms with Gasteiger partial charge in [0.15, 0.2) is 0 Å². The number of aryl methyl sites for hydroxylation is 1. The van der Waals surface area contributed by atoms with Crippen molar-refractivity contribution in [1.29, 1.82) is 5.26 Å². The van der Waals surface area contributed by atoms with Gasteiger partial charge in [0.25, 0.3) is 0 Å². The van der Waals surface area contributed by atoms with E-state index in [9.17, 15) is 5.26 Å². The highest BCUT2D eigenvalue weighted by atomic mass is 32.1. The largest absolute Gasteiger partial charge is 0.759 e. The van der Waals surface area contributed by atoms with Gasteiger partial charge in [-0.3, -0.25) is 4.98 Å². The standard InChI is InChI=1S/C14H12N2S2/c15-8-10-13(12-6-3-7-18-12)9-4-1-2-5-11(9)16-14(10)17/h3,6-7H,1-2,4-5H2,(H,16,17)/p-1. The third-order valence-electron chi connectivity index (χ3n) is 3.32. The van der Waals surface area contributed by atoms with E-state index in [1.807, 2.05) is 11.4 Å². The van der Waals surface area contributed by atoms with Crippen LogP contribution in [0.2, 0.25) is 0 Å². The van der Waals surface area contributed by atoms with Gasteiger partial charge in [-0.05, 0) is 42.7 Å². The molecule has 0 fully saturated rings. The van der Waals surface area contributed by atoms with E-state index in [-0.39, 0.29) is 0 Å². The molecular formula is C14H11N2S2-. The lowest BCUT2D eigenvalue weighted by Crippen LogP contribution is -2.10. The van der Waals surface area contributed by atoms with Crippen LogP contribution in [0.15, 0.2) is 22.5 Å². The zero-order chi connectivity index (χ0) is 12.5. The zero-order valence-corrected chi connectivity index (χ0v) is 11.4. The van der Waals surface area contributed by atoms with Gasteiger partial charge in [-0.25, -0.2) is 0 Å². The molecule has 0 atom stereocenters. The molecule has 4 heteroatoms. The molecule has 0 saturated carbocycles. The number of hydrogen-bond donors (Lipinski definition) is 0. The highest BCUT2D eigenvalue weighted by molar-refractivity contribution is 7.58. The summed E-state index contributed by atoms with van der Waals surface area (Å²) >= 11 is 6.93. The van der Waals surface area contributed by atoms with Gasteiger partial charge >= 0.3 is 0 Å². The Morgan fingerprint density at radius 1 is 1.33 bits per heavy atom. The lowest BCUT2D eigenvalue weighted by Gasteiger charge is -2.23. The first-order valence-electron chi connectivity index (χ1n) is 5.98. The summed E-state index contributed by atoms with van der Waals surface area (Å²) in [7, 11) is 0. The number of pyridine rings is 1. The molecular weight excluding hydrogens is 260 g/mol. The Balaban J connectivity index is 2.33. The van der Waals surface area contributed by atoms with Crippen molar-refractivity contribution in [3.05, 3.63) is 34.3 Å². The maximum Gasteiger partial charge on any atom is 0.0998 e. The Labute approximate surface area is 116 Å². The van der Waals surface area contributed by atoms with Crippen LogP contribution >= 0.6 is 11.3 Å². The molecule has 0 bridgehead atoms. The van der Waals surface area contributed by atoms with Crippen molar-refractivity contribution in [1.82, 2.24) is 4.98 Å². The van der Waals surface area contributed by atoms with Crippen molar-refractivity contribution in [2.24, 2.45) is 0 Å². The molecule has 90 valence electrons. The van der Waals surface area contributed by atoms with E-state index in [1.54, 1.807) is 11.3 Å². The number of thiophene rings is 1. The SMILES string of the molecule is N#Cc1c([S-])nc2c(c1-c1cccs1)CCCC2. The molecule has 2 nitrogen and oxygen atoms in total. The van der Waals surface area contributed by atoms with Crippen LogP contribution in [0.1, 0.15) is 29.7 Å². The number of rotatable bonds is 1. The molecule has 2 heterocycles. The number of hydrogen-bond acceptors (Lipinski definition) is 4. The average molecular weight is 271 g/mol. The molecule has 3 rings (SSSR count). The summed E-state index contributed by atoms with van der Waals surface area (Å²) in [6, 6.07) is 6.32. The van der Waals surface area contributed by atoms with Crippen LogP contribution in [0.25, 0.3) is 10.4 Å². The molecule has 0 unspecified atom stereocenters.